The summed E-state index contributed by atoms with van der Waals surface area (Å²) in [5, 5.41) is 13.4. The van der Waals surface area contributed by atoms with Gasteiger partial charge in [-0.2, -0.15) is 5.10 Å². The van der Waals surface area contributed by atoms with Crippen molar-refractivity contribution in [3.8, 4) is 17.2 Å². The maximum absolute atomic E-state index is 15.0. The number of benzene rings is 2. The summed E-state index contributed by atoms with van der Waals surface area (Å²) in [6, 6.07) is 15.5. The molecule has 0 saturated heterocycles. The van der Waals surface area contributed by atoms with Gasteiger partial charge in [-0.25, -0.2) is 18.9 Å². The minimum Gasteiger partial charge on any atom is -0.457 e. The standard InChI is InChI=1S/C31H36FN7O2/c1-19(2)28-17-30(39(37-28)23-7-6-22-18-38(5)13-11-21(22)14-23)36-31(40)35-27-9-8-24(15-26(27)32)41-25-10-12-33-29(16-25)34-20(3)4/h6-10,12,14-17,19-20H,11,13,18H2,1-5H3,(H,33,34)(H2,35,36,40). The average Bonchev–Trinajstić information content (AvgIpc) is 3.34. The van der Waals surface area contributed by atoms with Gasteiger partial charge in [-0.1, -0.05) is 19.9 Å². The van der Waals surface area contributed by atoms with Gasteiger partial charge < -0.3 is 20.3 Å². The molecule has 9 nitrogen and oxygen atoms in total. The maximum Gasteiger partial charge on any atom is 0.324 e. The summed E-state index contributed by atoms with van der Waals surface area (Å²) in [4.78, 5) is 19.5. The smallest absolute Gasteiger partial charge is 0.324 e. The maximum atomic E-state index is 15.0. The lowest BCUT2D eigenvalue weighted by Crippen LogP contribution is -2.26. The third-order valence-electron chi connectivity index (χ3n) is 6.79. The van der Waals surface area contributed by atoms with E-state index in [1.54, 1.807) is 29.1 Å². The molecule has 1 aliphatic heterocycles. The Morgan fingerprint density at radius 1 is 0.976 bits per heavy atom. The van der Waals surface area contributed by atoms with Gasteiger partial charge in [0.2, 0.25) is 0 Å². The van der Waals surface area contributed by atoms with Gasteiger partial charge in [-0.05, 0) is 74.7 Å². The first-order valence-corrected chi connectivity index (χ1v) is 13.8. The van der Waals surface area contributed by atoms with Gasteiger partial charge in [0.25, 0.3) is 0 Å². The summed E-state index contributed by atoms with van der Waals surface area (Å²) in [6.07, 6.45) is 2.58. The Morgan fingerprint density at radius 3 is 2.54 bits per heavy atom. The van der Waals surface area contributed by atoms with E-state index in [0.717, 1.165) is 30.9 Å². The predicted octanol–water partition coefficient (Wildman–Crippen LogP) is 6.77. The van der Waals surface area contributed by atoms with Gasteiger partial charge in [-0.3, -0.25) is 5.32 Å². The minimum atomic E-state index is -0.622. The molecule has 0 atom stereocenters. The van der Waals surface area contributed by atoms with Gasteiger partial charge in [0.1, 0.15) is 29.0 Å². The Morgan fingerprint density at radius 2 is 1.78 bits per heavy atom. The van der Waals surface area contributed by atoms with Crippen LogP contribution in [0, 0.1) is 5.82 Å². The van der Waals surface area contributed by atoms with Crippen LogP contribution >= 0.6 is 0 Å². The Bertz CT molecular complexity index is 1550. The van der Waals surface area contributed by atoms with Crippen LogP contribution in [-0.4, -0.2) is 45.3 Å². The second-order valence-electron chi connectivity index (χ2n) is 11.0. The van der Waals surface area contributed by atoms with E-state index in [2.05, 4.69) is 45.0 Å². The van der Waals surface area contributed by atoms with Crippen LogP contribution in [0.15, 0.2) is 60.8 Å². The zero-order valence-corrected chi connectivity index (χ0v) is 24.0. The van der Waals surface area contributed by atoms with E-state index in [1.807, 2.05) is 39.8 Å². The van der Waals surface area contributed by atoms with Gasteiger partial charge in [0.05, 0.1) is 17.1 Å². The van der Waals surface area contributed by atoms with Gasteiger partial charge in [0, 0.05) is 43.5 Å². The first kappa shape index (κ1) is 28.1. The zero-order valence-electron chi connectivity index (χ0n) is 24.0. The topological polar surface area (TPSA) is 96.3 Å². The van der Waals surface area contributed by atoms with Crippen molar-refractivity contribution in [2.24, 2.45) is 0 Å². The molecule has 3 N–H and O–H groups in total. The second kappa shape index (κ2) is 12.0. The Balaban J connectivity index is 1.30. The van der Waals surface area contributed by atoms with Crippen LogP contribution in [-0.2, 0) is 13.0 Å². The molecule has 0 fully saturated rings. The largest absolute Gasteiger partial charge is 0.457 e. The lowest BCUT2D eigenvalue weighted by atomic mass is 9.99. The first-order valence-electron chi connectivity index (χ1n) is 13.8. The number of rotatable bonds is 8. The minimum absolute atomic E-state index is 0.0276. The molecule has 4 aromatic rings. The molecule has 2 aromatic heterocycles. The lowest BCUT2D eigenvalue weighted by Gasteiger charge is -2.25. The first-order chi connectivity index (χ1) is 19.6. The number of nitrogens with zero attached hydrogens (tertiary/aromatic N) is 4. The summed E-state index contributed by atoms with van der Waals surface area (Å²) in [6.45, 7) is 10.0. The van der Waals surface area contributed by atoms with Crippen LogP contribution in [0.2, 0.25) is 0 Å². The van der Waals surface area contributed by atoms with Gasteiger partial charge in [0.15, 0.2) is 0 Å². The molecule has 3 heterocycles. The number of aromatic nitrogens is 3. The highest BCUT2D eigenvalue weighted by atomic mass is 19.1. The number of hydrogen-bond donors (Lipinski definition) is 3. The molecule has 0 bridgehead atoms. The zero-order chi connectivity index (χ0) is 29.1. The molecular weight excluding hydrogens is 521 g/mol. The number of amides is 2. The van der Waals surface area contributed by atoms with E-state index in [9.17, 15) is 9.18 Å². The quantitative estimate of drug-likeness (QED) is 0.221. The van der Waals surface area contributed by atoms with Crippen molar-refractivity contribution in [2.45, 2.75) is 52.6 Å². The molecule has 0 radical (unpaired) electrons. The van der Waals surface area contributed by atoms with Gasteiger partial charge in [-0.15, -0.1) is 0 Å². The Labute approximate surface area is 239 Å². The van der Waals surface area contributed by atoms with Crippen LogP contribution < -0.4 is 20.7 Å². The number of nitrogens with one attached hydrogen (secondary N) is 3. The number of pyridine rings is 1. The normalized spacial score (nSPS) is 13.3. The van der Waals surface area contributed by atoms with Crippen molar-refractivity contribution in [2.75, 3.05) is 29.5 Å². The molecule has 0 aliphatic carbocycles. The Kier molecular flexibility index (Phi) is 8.21. The molecule has 2 aromatic carbocycles. The molecule has 10 heteroatoms. The average molecular weight is 558 g/mol. The molecule has 214 valence electrons. The number of fused-ring (bicyclic) bond motifs is 1. The van der Waals surface area contributed by atoms with Crippen LogP contribution in [0.1, 0.15) is 50.4 Å². The van der Waals surface area contributed by atoms with E-state index >= 15 is 0 Å². The van der Waals surface area contributed by atoms with Crippen molar-refractivity contribution < 1.29 is 13.9 Å². The van der Waals surface area contributed by atoms with Gasteiger partial charge >= 0.3 is 6.03 Å². The number of carbonyl (C=O) groups excluding carboxylic acids is 1. The molecule has 0 spiro atoms. The summed E-state index contributed by atoms with van der Waals surface area (Å²) in [5.41, 5.74) is 4.31. The summed E-state index contributed by atoms with van der Waals surface area (Å²) < 4.78 is 22.5. The molecule has 0 saturated carbocycles. The number of ether oxygens (including phenoxy) is 1. The van der Waals surface area contributed by atoms with Crippen molar-refractivity contribution in [3.05, 3.63) is 83.4 Å². The monoisotopic (exact) mass is 557 g/mol. The van der Waals surface area contributed by atoms with Crippen molar-refractivity contribution in [3.63, 3.8) is 0 Å². The van der Waals surface area contributed by atoms with Crippen LogP contribution in [0.5, 0.6) is 11.5 Å². The van der Waals surface area contributed by atoms with E-state index < -0.39 is 11.8 Å². The van der Waals surface area contributed by atoms with Crippen LogP contribution in [0.25, 0.3) is 5.69 Å². The number of likely N-dealkylation sites (N-methyl/N-ethyl adjacent to an activating group) is 1. The van der Waals surface area contributed by atoms with Crippen LogP contribution in [0.4, 0.5) is 26.5 Å². The summed E-state index contributed by atoms with van der Waals surface area (Å²) in [7, 11) is 2.12. The van der Waals surface area contributed by atoms with E-state index in [0.29, 0.717) is 23.1 Å². The van der Waals surface area contributed by atoms with E-state index in [4.69, 9.17) is 9.84 Å². The second-order valence-corrected chi connectivity index (χ2v) is 11.0. The summed E-state index contributed by atoms with van der Waals surface area (Å²) in [5.74, 6) is 1.52. The lowest BCUT2D eigenvalue weighted by molar-refractivity contribution is 0.262. The van der Waals surface area contributed by atoms with E-state index in [1.165, 1.54) is 23.3 Å². The third-order valence-corrected chi connectivity index (χ3v) is 6.79. The highest BCUT2D eigenvalue weighted by Crippen LogP contribution is 2.28. The Hall–Kier alpha value is -4.44. The fraction of sp³-hybridized carbons (Fsp3) is 0.323. The fourth-order valence-corrected chi connectivity index (χ4v) is 4.70. The molecule has 5 rings (SSSR count). The molecular formula is C31H36FN7O2. The molecule has 0 unspecified atom stereocenters. The predicted molar refractivity (Wildman–Crippen MR) is 160 cm³/mol. The number of hydrogen-bond acceptors (Lipinski definition) is 6. The highest BCUT2D eigenvalue weighted by molar-refractivity contribution is 5.99. The fourth-order valence-electron chi connectivity index (χ4n) is 4.70. The third kappa shape index (κ3) is 6.83. The summed E-state index contributed by atoms with van der Waals surface area (Å²) >= 11 is 0. The molecule has 1 aliphatic rings. The van der Waals surface area contributed by atoms with E-state index in [-0.39, 0.29) is 17.6 Å². The number of anilines is 3. The number of halogens is 1. The molecule has 2 amide bonds. The van der Waals surface area contributed by atoms with Crippen molar-refractivity contribution >= 4 is 23.4 Å². The van der Waals surface area contributed by atoms with Crippen molar-refractivity contribution in [1.82, 2.24) is 19.7 Å². The number of urea groups is 1. The number of carbonyl (C=O) groups is 1. The highest BCUT2D eigenvalue weighted by Gasteiger charge is 2.19. The van der Waals surface area contributed by atoms with Crippen LogP contribution in [0.3, 0.4) is 0 Å². The SMILES string of the molecule is CC(C)Nc1cc(Oc2ccc(NC(=O)Nc3cc(C(C)C)nn3-c3ccc4c(c3)CCN(C)C4)c(F)c2)ccn1. The van der Waals surface area contributed by atoms with Crippen molar-refractivity contribution in [1.29, 1.82) is 0 Å². The molecule has 41 heavy (non-hydrogen) atoms.